The van der Waals surface area contributed by atoms with Crippen LogP contribution in [0.1, 0.15) is 80.6 Å². The third-order valence-corrected chi connectivity index (χ3v) is 8.22. The Bertz CT molecular complexity index is 996. The molecule has 0 atom stereocenters. The van der Waals surface area contributed by atoms with Crippen LogP contribution in [0.25, 0.3) is 0 Å². The molecule has 0 unspecified atom stereocenters. The number of rotatable bonds is 4. The van der Waals surface area contributed by atoms with Crippen LogP contribution in [0.3, 0.4) is 0 Å². The van der Waals surface area contributed by atoms with Crippen LogP contribution >= 0.6 is 34.9 Å². The normalized spacial score (nSPS) is 15.3. The van der Waals surface area contributed by atoms with Crippen molar-refractivity contribution in [3.8, 4) is 0 Å². The van der Waals surface area contributed by atoms with E-state index in [1.807, 2.05) is 5.38 Å². The van der Waals surface area contributed by atoms with E-state index in [1.165, 1.54) is 28.2 Å². The van der Waals surface area contributed by atoms with Crippen LogP contribution in [0.4, 0.5) is 5.00 Å². The number of aryl methyl sites for hydroxylation is 2. The number of nitrogens with one attached hydrogen (secondary N) is 3. The second kappa shape index (κ2) is 10.1. The minimum atomic E-state index is -0.318. The lowest BCUT2D eigenvalue weighted by Crippen LogP contribution is -2.44. The molecule has 3 N–H and O–H groups in total. The number of esters is 1. The fourth-order valence-electron chi connectivity index (χ4n) is 4.25. The summed E-state index contributed by atoms with van der Waals surface area (Å²) in [6.07, 6.45) is 9.53. The Balaban J connectivity index is 1.44. The number of hydrogen-bond donors (Lipinski definition) is 3. The molecule has 166 valence electrons. The van der Waals surface area contributed by atoms with Crippen molar-refractivity contribution in [2.75, 3.05) is 11.9 Å². The van der Waals surface area contributed by atoms with Gasteiger partial charge in [-0.1, -0.05) is 6.42 Å². The number of anilines is 1. The summed E-state index contributed by atoms with van der Waals surface area (Å²) >= 11 is 8.62. The molecule has 6 nitrogen and oxygen atoms in total. The van der Waals surface area contributed by atoms with Gasteiger partial charge in [-0.3, -0.25) is 15.6 Å². The number of thiocarbonyl (C=S) groups is 1. The molecule has 9 heteroatoms. The minimum Gasteiger partial charge on any atom is -0.462 e. The molecule has 1 amide bonds. The number of amides is 1. The van der Waals surface area contributed by atoms with Gasteiger partial charge in [-0.2, -0.15) is 0 Å². The SMILES string of the molecule is CCOC(=O)c1c(NC(=S)NNC(=O)c2csc3c2CCCC3)sc2c1CCCCC2. The van der Waals surface area contributed by atoms with Crippen LogP contribution in [-0.2, 0) is 30.4 Å². The van der Waals surface area contributed by atoms with Gasteiger partial charge in [0.15, 0.2) is 5.11 Å². The summed E-state index contributed by atoms with van der Waals surface area (Å²) in [5, 5.41) is 5.98. The average molecular weight is 478 g/mol. The van der Waals surface area contributed by atoms with Gasteiger partial charge in [-0.15, -0.1) is 22.7 Å². The molecular weight excluding hydrogens is 450 g/mol. The predicted molar refractivity (Wildman–Crippen MR) is 129 cm³/mol. The quantitative estimate of drug-likeness (QED) is 0.255. The first-order valence-corrected chi connectivity index (χ1v) is 13.0. The highest BCUT2D eigenvalue weighted by Crippen LogP contribution is 2.38. The fourth-order valence-corrected chi connectivity index (χ4v) is 6.87. The molecular formula is C22H27N3O3S3. The number of ether oxygens (including phenoxy) is 1. The van der Waals surface area contributed by atoms with Crippen LogP contribution in [-0.4, -0.2) is 23.6 Å². The Kier molecular flexibility index (Phi) is 7.24. The Morgan fingerprint density at radius 3 is 2.55 bits per heavy atom. The lowest BCUT2D eigenvalue weighted by molar-refractivity contribution is 0.0526. The van der Waals surface area contributed by atoms with Crippen molar-refractivity contribution in [1.82, 2.24) is 10.9 Å². The van der Waals surface area contributed by atoms with Gasteiger partial charge in [0.2, 0.25) is 0 Å². The Morgan fingerprint density at radius 2 is 1.71 bits per heavy atom. The molecule has 31 heavy (non-hydrogen) atoms. The van der Waals surface area contributed by atoms with E-state index in [2.05, 4.69) is 16.2 Å². The van der Waals surface area contributed by atoms with Crippen LogP contribution in [0.15, 0.2) is 5.38 Å². The fraction of sp³-hybridized carbons (Fsp3) is 0.500. The number of carbonyl (C=O) groups is 2. The molecule has 0 bridgehead atoms. The van der Waals surface area contributed by atoms with E-state index in [1.54, 1.807) is 29.6 Å². The summed E-state index contributed by atoms with van der Waals surface area (Å²) in [6.45, 7) is 2.13. The van der Waals surface area contributed by atoms with Gasteiger partial charge in [-0.25, -0.2) is 4.79 Å². The van der Waals surface area contributed by atoms with Gasteiger partial charge in [0.1, 0.15) is 5.00 Å². The molecule has 0 aromatic carbocycles. The van der Waals surface area contributed by atoms with E-state index in [9.17, 15) is 9.59 Å². The van der Waals surface area contributed by atoms with E-state index in [-0.39, 0.29) is 17.0 Å². The van der Waals surface area contributed by atoms with Crippen molar-refractivity contribution in [2.45, 2.75) is 64.7 Å². The standard InChI is InChI=1S/C22H27N3O3S3/c1-2-28-21(27)18-14-9-4-3-5-11-17(14)31-20(18)23-22(29)25-24-19(26)15-12-30-16-10-7-6-8-13(15)16/h12H,2-11H2,1H3,(H,24,26)(H2,23,25,29). The topological polar surface area (TPSA) is 79.5 Å². The highest BCUT2D eigenvalue weighted by molar-refractivity contribution is 7.80. The van der Waals surface area contributed by atoms with Crippen LogP contribution < -0.4 is 16.2 Å². The van der Waals surface area contributed by atoms with Crippen molar-refractivity contribution >= 4 is 56.9 Å². The molecule has 0 fully saturated rings. The van der Waals surface area contributed by atoms with Gasteiger partial charge in [0, 0.05) is 15.1 Å². The lowest BCUT2D eigenvalue weighted by atomic mass is 9.96. The summed E-state index contributed by atoms with van der Waals surface area (Å²) in [6, 6.07) is 0. The summed E-state index contributed by atoms with van der Waals surface area (Å²) in [7, 11) is 0. The van der Waals surface area contributed by atoms with Crippen molar-refractivity contribution in [3.63, 3.8) is 0 Å². The number of hydrazine groups is 1. The maximum absolute atomic E-state index is 12.7. The Morgan fingerprint density at radius 1 is 1.00 bits per heavy atom. The number of thiophene rings is 2. The highest BCUT2D eigenvalue weighted by atomic mass is 32.1. The smallest absolute Gasteiger partial charge is 0.341 e. The minimum absolute atomic E-state index is 0.184. The van der Waals surface area contributed by atoms with Crippen molar-refractivity contribution in [3.05, 3.63) is 37.4 Å². The first-order valence-electron chi connectivity index (χ1n) is 10.9. The number of hydrogen-bond acceptors (Lipinski definition) is 6. The molecule has 2 aliphatic rings. The largest absolute Gasteiger partial charge is 0.462 e. The maximum Gasteiger partial charge on any atom is 0.341 e. The van der Waals surface area contributed by atoms with Crippen molar-refractivity contribution in [2.24, 2.45) is 0 Å². The zero-order valence-corrected chi connectivity index (χ0v) is 20.0. The lowest BCUT2D eigenvalue weighted by Gasteiger charge is -2.14. The first-order chi connectivity index (χ1) is 15.1. The zero-order chi connectivity index (χ0) is 21.8. The zero-order valence-electron chi connectivity index (χ0n) is 17.6. The Hall–Kier alpha value is -1.97. The molecule has 2 aromatic rings. The predicted octanol–water partition coefficient (Wildman–Crippen LogP) is 4.77. The average Bonchev–Trinajstić information content (AvgIpc) is 3.26. The van der Waals surface area contributed by atoms with E-state index in [4.69, 9.17) is 17.0 Å². The van der Waals surface area contributed by atoms with Gasteiger partial charge in [-0.05, 0) is 81.6 Å². The number of fused-ring (bicyclic) bond motifs is 2. The molecule has 0 radical (unpaired) electrons. The third kappa shape index (κ3) is 4.94. The van der Waals surface area contributed by atoms with E-state index < -0.39 is 0 Å². The summed E-state index contributed by atoms with van der Waals surface area (Å²) in [5.41, 5.74) is 9.07. The molecule has 2 heterocycles. The molecule has 0 saturated carbocycles. The van der Waals surface area contributed by atoms with Gasteiger partial charge in [0.25, 0.3) is 5.91 Å². The molecule has 2 aromatic heterocycles. The highest BCUT2D eigenvalue weighted by Gasteiger charge is 2.26. The summed E-state index contributed by atoms with van der Waals surface area (Å²) in [4.78, 5) is 27.9. The monoisotopic (exact) mass is 477 g/mol. The van der Waals surface area contributed by atoms with Crippen molar-refractivity contribution < 1.29 is 14.3 Å². The van der Waals surface area contributed by atoms with E-state index in [0.717, 1.165) is 56.1 Å². The van der Waals surface area contributed by atoms with Crippen molar-refractivity contribution in [1.29, 1.82) is 0 Å². The molecule has 0 spiro atoms. The first kappa shape index (κ1) is 22.2. The summed E-state index contributed by atoms with van der Waals surface area (Å²) in [5.74, 6) is -0.503. The number of carbonyl (C=O) groups excluding carboxylic acids is 2. The Labute approximate surface area is 195 Å². The molecule has 4 rings (SSSR count). The van der Waals surface area contributed by atoms with E-state index >= 15 is 0 Å². The molecule has 0 saturated heterocycles. The van der Waals surface area contributed by atoms with Gasteiger partial charge < -0.3 is 10.1 Å². The van der Waals surface area contributed by atoms with Crippen LogP contribution in [0.5, 0.6) is 0 Å². The van der Waals surface area contributed by atoms with E-state index in [0.29, 0.717) is 17.2 Å². The second-order valence-electron chi connectivity index (χ2n) is 7.78. The second-order valence-corrected chi connectivity index (χ2v) is 10.3. The van der Waals surface area contributed by atoms with Gasteiger partial charge in [0.05, 0.1) is 17.7 Å². The van der Waals surface area contributed by atoms with Gasteiger partial charge >= 0.3 is 5.97 Å². The molecule has 0 aliphatic heterocycles. The molecule has 2 aliphatic carbocycles. The third-order valence-electron chi connectivity index (χ3n) is 5.72. The maximum atomic E-state index is 12.7. The van der Waals surface area contributed by atoms with Crippen LogP contribution in [0, 0.1) is 0 Å². The van der Waals surface area contributed by atoms with Crippen LogP contribution in [0.2, 0.25) is 0 Å². The summed E-state index contributed by atoms with van der Waals surface area (Å²) < 4.78 is 5.31.